The second kappa shape index (κ2) is 9.29. The zero-order chi connectivity index (χ0) is 20.8. The average molecular weight is 400 g/mol. The molecule has 6 nitrogen and oxygen atoms in total. The molecule has 4 rings (SSSR count). The zero-order valence-electron chi connectivity index (χ0n) is 17.0. The number of hydrogen-bond donors (Lipinski definition) is 0. The second-order valence-corrected chi connectivity index (χ2v) is 7.14. The number of rotatable bonds is 6. The van der Waals surface area contributed by atoms with Gasteiger partial charge in [-0.2, -0.15) is 10.2 Å². The lowest BCUT2D eigenvalue weighted by Crippen LogP contribution is -2.46. The number of methoxy groups -OCH3 is 1. The van der Waals surface area contributed by atoms with E-state index >= 15 is 0 Å². The van der Waals surface area contributed by atoms with Crippen LogP contribution < -0.4 is 9.64 Å². The van der Waals surface area contributed by atoms with Gasteiger partial charge in [-0.15, -0.1) is 0 Å². The number of benzene rings is 2. The molecule has 1 aliphatic rings. The van der Waals surface area contributed by atoms with Crippen molar-refractivity contribution < 1.29 is 9.15 Å². The van der Waals surface area contributed by atoms with E-state index in [1.54, 1.807) is 13.2 Å². The molecule has 2 heterocycles. The highest BCUT2D eigenvalue weighted by Gasteiger charge is 2.23. The van der Waals surface area contributed by atoms with Crippen molar-refractivity contribution in [3.05, 3.63) is 77.3 Å². The molecule has 0 spiro atoms. The predicted octanol–water partition coefficient (Wildman–Crippen LogP) is 4.05. The molecule has 6 heteroatoms. The van der Waals surface area contributed by atoms with Crippen molar-refractivity contribution in [1.82, 2.24) is 9.88 Å². The van der Waals surface area contributed by atoms with Gasteiger partial charge in [0.1, 0.15) is 11.8 Å². The highest BCUT2D eigenvalue weighted by molar-refractivity contribution is 5.70. The molecule has 0 unspecified atom stereocenters. The summed E-state index contributed by atoms with van der Waals surface area (Å²) in [5.41, 5.74) is 2.56. The Morgan fingerprint density at radius 3 is 2.50 bits per heavy atom. The summed E-state index contributed by atoms with van der Waals surface area (Å²) in [7, 11) is 1.64. The molecule has 152 valence electrons. The van der Waals surface area contributed by atoms with Crippen LogP contribution in [-0.4, -0.2) is 43.2 Å². The summed E-state index contributed by atoms with van der Waals surface area (Å²) >= 11 is 0. The van der Waals surface area contributed by atoms with Crippen LogP contribution in [0, 0.1) is 11.3 Å². The molecular weight excluding hydrogens is 376 g/mol. The molecule has 0 atom stereocenters. The Hall–Kier alpha value is -3.56. The number of anilines is 1. The van der Waals surface area contributed by atoms with E-state index in [4.69, 9.17) is 9.15 Å². The third kappa shape index (κ3) is 4.53. The van der Waals surface area contributed by atoms with Crippen LogP contribution >= 0.6 is 0 Å². The maximum atomic E-state index is 9.52. The van der Waals surface area contributed by atoms with Crippen LogP contribution in [0.4, 0.5) is 5.88 Å². The highest BCUT2D eigenvalue weighted by Crippen LogP contribution is 2.25. The van der Waals surface area contributed by atoms with Gasteiger partial charge >= 0.3 is 0 Å². The number of oxazole rings is 1. The van der Waals surface area contributed by atoms with E-state index in [0.717, 1.165) is 44.0 Å². The molecule has 3 aromatic rings. The van der Waals surface area contributed by atoms with Crippen LogP contribution in [0.3, 0.4) is 0 Å². The van der Waals surface area contributed by atoms with Crippen molar-refractivity contribution in [2.24, 2.45) is 0 Å². The normalized spacial score (nSPS) is 14.7. The van der Waals surface area contributed by atoms with Crippen LogP contribution in [0.25, 0.3) is 12.2 Å². The maximum absolute atomic E-state index is 9.52. The van der Waals surface area contributed by atoms with Crippen LogP contribution in [0.2, 0.25) is 0 Å². The lowest BCUT2D eigenvalue weighted by molar-refractivity contribution is 0.246. The monoisotopic (exact) mass is 400 g/mol. The van der Waals surface area contributed by atoms with Crippen molar-refractivity contribution in [1.29, 1.82) is 5.26 Å². The highest BCUT2D eigenvalue weighted by atomic mass is 16.5. The van der Waals surface area contributed by atoms with Crippen LogP contribution in [0.15, 0.2) is 59.0 Å². The minimum Gasteiger partial charge on any atom is -0.496 e. The molecule has 1 aliphatic heterocycles. The van der Waals surface area contributed by atoms with Gasteiger partial charge in [0, 0.05) is 44.4 Å². The molecule has 0 aliphatic carbocycles. The van der Waals surface area contributed by atoms with Gasteiger partial charge in [0.2, 0.25) is 17.5 Å². The molecule has 30 heavy (non-hydrogen) atoms. The van der Waals surface area contributed by atoms with Gasteiger partial charge in [-0.25, -0.2) is 0 Å². The van der Waals surface area contributed by atoms with Crippen molar-refractivity contribution in [3.8, 4) is 11.8 Å². The molecule has 1 saturated heterocycles. The standard InChI is InChI=1S/C24H24N4O2/c1-29-22-10-6-5-9-20(22)11-12-23-26-21(17-25)24(30-23)28-15-13-27(14-16-28)18-19-7-3-2-4-8-19/h2-12H,13-16,18H2,1H3. The van der Waals surface area contributed by atoms with Crippen LogP contribution in [-0.2, 0) is 6.54 Å². The summed E-state index contributed by atoms with van der Waals surface area (Å²) in [6.45, 7) is 4.35. The quantitative estimate of drug-likeness (QED) is 0.622. The van der Waals surface area contributed by atoms with E-state index < -0.39 is 0 Å². The topological polar surface area (TPSA) is 65.5 Å². The van der Waals surface area contributed by atoms with Gasteiger partial charge in [0.05, 0.1) is 7.11 Å². The number of nitriles is 1. The molecule has 0 bridgehead atoms. The summed E-state index contributed by atoms with van der Waals surface area (Å²) in [5.74, 6) is 1.74. The van der Waals surface area contributed by atoms with Crippen LogP contribution in [0.1, 0.15) is 22.7 Å². The minimum atomic E-state index is 0.325. The largest absolute Gasteiger partial charge is 0.496 e. The second-order valence-electron chi connectivity index (χ2n) is 7.14. The van der Waals surface area contributed by atoms with Crippen molar-refractivity contribution in [3.63, 3.8) is 0 Å². The predicted molar refractivity (Wildman–Crippen MR) is 117 cm³/mol. The summed E-state index contributed by atoms with van der Waals surface area (Å²) in [4.78, 5) is 8.87. The molecule has 0 saturated carbocycles. The van der Waals surface area contributed by atoms with E-state index in [1.807, 2.05) is 36.4 Å². The average Bonchev–Trinajstić information content (AvgIpc) is 3.22. The Kier molecular flexibility index (Phi) is 6.11. The number of nitrogens with zero attached hydrogens (tertiary/aromatic N) is 4. The number of ether oxygens (including phenoxy) is 1. The zero-order valence-corrected chi connectivity index (χ0v) is 17.0. The van der Waals surface area contributed by atoms with Gasteiger partial charge < -0.3 is 14.1 Å². The third-order valence-electron chi connectivity index (χ3n) is 5.18. The number of piperazine rings is 1. The smallest absolute Gasteiger partial charge is 0.235 e. The number of hydrogen-bond acceptors (Lipinski definition) is 6. The molecule has 2 aromatic carbocycles. The summed E-state index contributed by atoms with van der Waals surface area (Å²) in [5, 5.41) is 9.52. The lowest BCUT2D eigenvalue weighted by Gasteiger charge is -2.34. The van der Waals surface area contributed by atoms with Crippen molar-refractivity contribution in [2.75, 3.05) is 38.2 Å². The Balaban J connectivity index is 1.43. The fraction of sp³-hybridized carbons (Fsp3) is 0.250. The summed E-state index contributed by atoms with van der Waals surface area (Å²) in [6, 6.07) is 20.4. The van der Waals surface area contributed by atoms with E-state index in [-0.39, 0.29) is 0 Å². The first-order valence-corrected chi connectivity index (χ1v) is 10.00. The Morgan fingerprint density at radius 1 is 1.03 bits per heavy atom. The van der Waals surface area contributed by atoms with Crippen molar-refractivity contribution >= 4 is 18.0 Å². The van der Waals surface area contributed by atoms with E-state index in [1.165, 1.54) is 5.56 Å². The SMILES string of the molecule is COc1ccccc1C=Cc1nc(C#N)c(N2CCN(Cc3ccccc3)CC2)o1. The summed E-state index contributed by atoms with van der Waals surface area (Å²) in [6.07, 6.45) is 3.65. The molecule has 0 amide bonds. The van der Waals surface area contributed by atoms with Gasteiger partial charge in [0.25, 0.3) is 0 Å². The third-order valence-corrected chi connectivity index (χ3v) is 5.18. The maximum Gasteiger partial charge on any atom is 0.235 e. The Morgan fingerprint density at radius 2 is 1.77 bits per heavy atom. The minimum absolute atomic E-state index is 0.325. The van der Waals surface area contributed by atoms with Gasteiger partial charge in [-0.1, -0.05) is 48.5 Å². The number of para-hydroxylation sites is 1. The lowest BCUT2D eigenvalue weighted by atomic mass is 10.2. The molecule has 1 fully saturated rings. The van der Waals surface area contributed by atoms with E-state index in [0.29, 0.717) is 17.5 Å². The van der Waals surface area contributed by atoms with Crippen molar-refractivity contribution in [2.45, 2.75) is 6.54 Å². The van der Waals surface area contributed by atoms with Gasteiger partial charge in [0.15, 0.2) is 0 Å². The fourth-order valence-corrected chi connectivity index (χ4v) is 3.60. The Bertz CT molecular complexity index is 1040. The van der Waals surface area contributed by atoms with Gasteiger partial charge in [-0.3, -0.25) is 4.90 Å². The first kappa shape index (κ1) is 19.7. The molecule has 1 aromatic heterocycles. The first-order valence-electron chi connectivity index (χ1n) is 10.00. The van der Waals surface area contributed by atoms with Crippen LogP contribution in [0.5, 0.6) is 5.75 Å². The number of aromatic nitrogens is 1. The fourth-order valence-electron chi connectivity index (χ4n) is 3.60. The van der Waals surface area contributed by atoms with E-state index in [9.17, 15) is 5.26 Å². The summed E-state index contributed by atoms with van der Waals surface area (Å²) < 4.78 is 11.3. The molecule has 0 N–H and O–H groups in total. The van der Waals surface area contributed by atoms with E-state index in [2.05, 4.69) is 45.1 Å². The first-order chi connectivity index (χ1) is 14.8. The Labute approximate surface area is 176 Å². The van der Waals surface area contributed by atoms with Gasteiger partial charge in [-0.05, 0) is 17.7 Å². The molecule has 0 radical (unpaired) electrons. The molecular formula is C24H24N4O2.